The van der Waals surface area contributed by atoms with Gasteiger partial charge in [-0.25, -0.2) is 0 Å². The number of hydrogen-bond acceptors (Lipinski definition) is 5. The second-order valence-corrected chi connectivity index (χ2v) is 6.89. The Hall–Kier alpha value is -2.38. The third kappa shape index (κ3) is 3.32. The minimum absolute atomic E-state index is 0.675. The van der Waals surface area contributed by atoms with Crippen LogP contribution in [0.4, 0.5) is 0 Å². The normalized spacial score (nSPS) is 16.0. The van der Waals surface area contributed by atoms with Crippen LogP contribution < -0.4 is 0 Å². The number of furan rings is 1. The first kappa shape index (κ1) is 17.1. The van der Waals surface area contributed by atoms with Crippen molar-refractivity contribution >= 4 is 0 Å². The van der Waals surface area contributed by atoms with Gasteiger partial charge in [-0.05, 0) is 30.7 Å². The monoisotopic (exact) mass is 355 g/mol. The lowest BCUT2D eigenvalue weighted by atomic mass is 10.1. The third-order valence-corrected chi connectivity index (χ3v) is 4.91. The molecule has 26 heavy (non-hydrogen) atoms. The first-order valence-electron chi connectivity index (χ1n) is 9.16. The molecule has 4 rings (SSSR count). The summed E-state index contributed by atoms with van der Waals surface area (Å²) in [5.41, 5.74) is 2.54. The van der Waals surface area contributed by atoms with E-state index in [9.17, 15) is 5.11 Å². The maximum Gasteiger partial charge on any atom is 0.139 e. The van der Waals surface area contributed by atoms with Gasteiger partial charge in [-0.2, -0.15) is 10.2 Å². The second-order valence-electron chi connectivity index (χ2n) is 6.89. The van der Waals surface area contributed by atoms with Crippen LogP contribution in [0.2, 0.25) is 0 Å². The first-order chi connectivity index (χ1) is 12.6. The average molecular weight is 355 g/mol. The number of aliphatic hydroxyl groups excluding tert-OH is 1. The van der Waals surface area contributed by atoms with Gasteiger partial charge in [0.05, 0.1) is 30.2 Å². The molecular formula is C19H25N5O2. The molecule has 0 saturated carbocycles. The Morgan fingerprint density at radius 3 is 2.85 bits per heavy atom. The van der Waals surface area contributed by atoms with E-state index in [1.807, 2.05) is 23.9 Å². The van der Waals surface area contributed by atoms with Gasteiger partial charge in [0.25, 0.3) is 0 Å². The topological polar surface area (TPSA) is 72.2 Å². The summed E-state index contributed by atoms with van der Waals surface area (Å²) < 4.78 is 9.58. The summed E-state index contributed by atoms with van der Waals surface area (Å²) in [5, 5.41) is 19.3. The van der Waals surface area contributed by atoms with Crippen LogP contribution in [0.3, 0.4) is 0 Å². The number of fused-ring (bicyclic) bond motifs is 1. The molecule has 1 N–H and O–H groups in total. The van der Waals surface area contributed by atoms with Crippen molar-refractivity contribution in [3.63, 3.8) is 0 Å². The van der Waals surface area contributed by atoms with Gasteiger partial charge in [0, 0.05) is 32.8 Å². The molecule has 0 fully saturated rings. The fourth-order valence-corrected chi connectivity index (χ4v) is 3.52. The maximum absolute atomic E-state index is 10.6. The van der Waals surface area contributed by atoms with E-state index in [1.165, 1.54) is 0 Å². The zero-order chi connectivity index (χ0) is 18.1. The molecule has 1 atom stereocenters. The van der Waals surface area contributed by atoms with Crippen molar-refractivity contribution < 1.29 is 9.52 Å². The highest BCUT2D eigenvalue weighted by Crippen LogP contribution is 2.24. The SMILES string of the molecule is CCCc1ccc(CN2CCn3nc([C@@H](O)c4ccnn4C)cc3C2)o1. The van der Waals surface area contributed by atoms with Crippen LogP contribution >= 0.6 is 0 Å². The lowest BCUT2D eigenvalue weighted by molar-refractivity contribution is 0.186. The first-order valence-corrected chi connectivity index (χ1v) is 9.16. The minimum Gasteiger partial charge on any atom is -0.465 e. The van der Waals surface area contributed by atoms with Crippen LogP contribution in [0.25, 0.3) is 0 Å². The summed E-state index contributed by atoms with van der Waals surface area (Å²) >= 11 is 0. The van der Waals surface area contributed by atoms with E-state index in [2.05, 4.69) is 34.2 Å². The smallest absolute Gasteiger partial charge is 0.139 e. The summed E-state index contributed by atoms with van der Waals surface area (Å²) in [5.74, 6) is 2.07. The average Bonchev–Trinajstić information content (AvgIpc) is 3.34. The quantitative estimate of drug-likeness (QED) is 0.734. The largest absolute Gasteiger partial charge is 0.465 e. The van der Waals surface area contributed by atoms with Crippen LogP contribution in [0.5, 0.6) is 0 Å². The van der Waals surface area contributed by atoms with Crippen molar-refractivity contribution in [3.05, 3.63) is 59.1 Å². The van der Waals surface area contributed by atoms with E-state index in [0.717, 1.165) is 61.9 Å². The molecule has 0 aromatic carbocycles. The summed E-state index contributed by atoms with van der Waals surface area (Å²) in [6.45, 7) is 5.49. The molecule has 0 aliphatic carbocycles. The molecule has 138 valence electrons. The second kappa shape index (κ2) is 7.09. The standard InChI is InChI=1S/C19H25N5O2/c1-3-4-15-5-6-16(26-15)13-23-9-10-24-14(12-23)11-17(21-24)19(25)18-7-8-20-22(18)2/h5-8,11,19,25H,3-4,9-10,12-13H2,1-2H3/t19-/m1/s1. The zero-order valence-corrected chi connectivity index (χ0v) is 15.3. The molecule has 7 heteroatoms. The van der Waals surface area contributed by atoms with Crippen LogP contribution in [-0.4, -0.2) is 36.1 Å². The van der Waals surface area contributed by atoms with Crippen LogP contribution in [-0.2, 0) is 33.1 Å². The summed E-state index contributed by atoms with van der Waals surface area (Å²) in [6, 6.07) is 7.97. The molecule has 0 radical (unpaired) electrons. The van der Waals surface area contributed by atoms with Gasteiger partial charge >= 0.3 is 0 Å². The zero-order valence-electron chi connectivity index (χ0n) is 15.3. The molecule has 0 bridgehead atoms. The van der Waals surface area contributed by atoms with Gasteiger partial charge in [0.15, 0.2) is 0 Å². The van der Waals surface area contributed by atoms with Gasteiger partial charge < -0.3 is 9.52 Å². The lowest BCUT2D eigenvalue weighted by Crippen LogP contribution is -2.33. The number of hydrogen-bond donors (Lipinski definition) is 1. The van der Waals surface area contributed by atoms with E-state index in [1.54, 1.807) is 10.9 Å². The van der Waals surface area contributed by atoms with Gasteiger partial charge in [0.1, 0.15) is 17.6 Å². The van der Waals surface area contributed by atoms with Crippen molar-refractivity contribution in [2.75, 3.05) is 6.54 Å². The molecule has 4 heterocycles. The van der Waals surface area contributed by atoms with E-state index >= 15 is 0 Å². The fourth-order valence-electron chi connectivity index (χ4n) is 3.52. The number of aryl methyl sites for hydroxylation is 2. The molecular weight excluding hydrogens is 330 g/mol. The number of rotatable bonds is 6. The summed E-state index contributed by atoms with van der Waals surface area (Å²) in [6.07, 6.45) is 3.02. The Balaban J connectivity index is 1.45. The summed E-state index contributed by atoms with van der Waals surface area (Å²) in [7, 11) is 1.83. The molecule has 1 aliphatic rings. The number of aromatic nitrogens is 4. The van der Waals surface area contributed by atoms with Gasteiger partial charge in [0.2, 0.25) is 0 Å². The lowest BCUT2D eigenvalue weighted by Gasteiger charge is -2.26. The van der Waals surface area contributed by atoms with Crippen molar-refractivity contribution in [1.29, 1.82) is 0 Å². The van der Waals surface area contributed by atoms with Gasteiger partial charge in [-0.1, -0.05) is 6.92 Å². The van der Waals surface area contributed by atoms with Crippen molar-refractivity contribution in [2.24, 2.45) is 7.05 Å². The molecule has 3 aromatic rings. The Morgan fingerprint density at radius 1 is 1.23 bits per heavy atom. The highest BCUT2D eigenvalue weighted by atomic mass is 16.3. The predicted octanol–water partition coefficient (Wildman–Crippen LogP) is 2.26. The van der Waals surface area contributed by atoms with E-state index in [-0.39, 0.29) is 0 Å². The van der Waals surface area contributed by atoms with Crippen molar-refractivity contribution in [3.8, 4) is 0 Å². The van der Waals surface area contributed by atoms with Gasteiger partial charge in [-0.15, -0.1) is 0 Å². The maximum atomic E-state index is 10.6. The highest BCUT2D eigenvalue weighted by molar-refractivity contribution is 5.22. The Morgan fingerprint density at radius 2 is 2.08 bits per heavy atom. The van der Waals surface area contributed by atoms with Crippen molar-refractivity contribution in [2.45, 2.75) is 45.5 Å². The molecule has 7 nitrogen and oxygen atoms in total. The fraction of sp³-hybridized carbons (Fsp3) is 0.474. The Kier molecular flexibility index (Phi) is 4.65. The van der Waals surface area contributed by atoms with Crippen LogP contribution in [0.1, 0.15) is 48.1 Å². The number of nitrogens with zero attached hydrogens (tertiary/aromatic N) is 5. The third-order valence-electron chi connectivity index (χ3n) is 4.91. The Bertz CT molecular complexity index is 878. The van der Waals surface area contributed by atoms with Crippen LogP contribution in [0.15, 0.2) is 34.9 Å². The molecule has 1 aliphatic heterocycles. The van der Waals surface area contributed by atoms with E-state index < -0.39 is 6.10 Å². The molecule has 0 saturated heterocycles. The van der Waals surface area contributed by atoms with Crippen LogP contribution in [0, 0.1) is 0 Å². The molecule has 0 amide bonds. The minimum atomic E-state index is -0.754. The van der Waals surface area contributed by atoms with Gasteiger partial charge in [-0.3, -0.25) is 14.3 Å². The van der Waals surface area contributed by atoms with E-state index in [4.69, 9.17) is 4.42 Å². The van der Waals surface area contributed by atoms with Crippen molar-refractivity contribution in [1.82, 2.24) is 24.5 Å². The van der Waals surface area contributed by atoms with E-state index in [0.29, 0.717) is 5.69 Å². The summed E-state index contributed by atoms with van der Waals surface area (Å²) in [4.78, 5) is 2.35. The predicted molar refractivity (Wildman–Crippen MR) is 96.3 cm³/mol. The molecule has 0 unspecified atom stereocenters. The molecule has 0 spiro atoms. The Labute approximate surface area is 152 Å². The molecule has 3 aromatic heterocycles. The number of aliphatic hydroxyl groups is 1. The highest BCUT2D eigenvalue weighted by Gasteiger charge is 2.23.